The van der Waals surface area contributed by atoms with Gasteiger partial charge in [-0.25, -0.2) is 9.59 Å². The molecule has 0 aliphatic rings. The van der Waals surface area contributed by atoms with Crippen LogP contribution in [0.2, 0.25) is 0 Å². The third kappa shape index (κ3) is 31.6. The molecule has 426 valence electrons. The second kappa shape index (κ2) is 35.6. The SMILES string of the molecule is CSCC[C@H](NC(=O)[C@@H](N)CCC(N)=O)C(=O)N[C@@H](CCC(=O)O)C(=O)N[C@@H](CCC(=O)O)C(=O)N[C@@H](CCC(=O)O)C(=O)N[C@@H](C)C(=O)N[C@H](C(=O)N[C@@H](CCCN=C(N)N)C(=O)O)C(C)C.O=C(O)C(F)(F)F. The van der Waals surface area contributed by atoms with E-state index in [1.165, 1.54) is 18.7 Å². The molecule has 0 fully saturated rings. The summed E-state index contributed by atoms with van der Waals surface area (Å²) in [5.74, 6) is -16.9. The van der Waals surface area contributed by atoms with Crippen LogP contribution >= 0.6 is 11.8 Å². The summed E-state index contributed by atoms with van der Waals surface area (Å²) in [6.45, 7) is 4.34. The maximum atomic E-state index is 13.7. The van der Waals surface area contributed by atoms with E-state index in [4.69, 9.17) is 32.8 Å². The number of aliphatic imine (C=N–C) groups is 1. The number of amides is 8. The van der Waals surface area contributed by atoms with Gasteiger partial charge in [-0.3, -0.25) is 57.7 Å². The molecule has 75 heavy (non-hydrogen) atoms. The average Bonchev–Trinajstić information content (AvgIpc) is 3.29. The van der Waals surface area contributed by atoms with Crippen molar-refractivity contribution in [3.63, 3.8) is 0 Å². The molecule has 34 heteroatoms. The summed E-state index contributed by atoms with van der Waals surface area (Å²) in [7, 11) is 0. The summed E-state index contributed by atoms with van der Waals surface area (Å²) in [5, 5.41) is 61.2. The lowest BCUT2D eigenvalue weighted by molar-refractivity contribution is -0.192. The molecular formula is C41H67F3N12O18S. The van der Waals surface area contributed by atoms with Crippen LogP contribution in [0.25, 0.3) is 0 Å². The number of thioether (sulfide) groups is 1. The third-order valence-corrected chi connectivity index (χ3v) is 10.6. The first-order valence-electron chi connectivity index (χ1n) is 22.5. The third-order valence-electron chi connectivity index (χ3n) is 9.92. The van der Waals surface area contributed by atoms with E-state index in [-0.39, 0.29) is 44.6 Å². The predicted molar refractivity (Wildman–Crippen MR) is 255 cm³/mol. The van der Waals surface area contributed by atoms with Crippen molar-refractivity contribution < 1.29 is 101 Å². The van der Waals surface area contributed by atoms with E-state index < -0.39 is 176 Å². The number of aliphatic carboxylic acids is 5. The van der Waals surface area contributed by atoms with Crippen molar-refractivity contribution in [2.75, 3.05) is 18.6 Å². The summed E-state index contributed by atoms with van der Waals surface area (Å²) in [4.78, 5) is 164. The molecule has 20 N–H and O–H groups in total. The monoisotopic (exact) mass is 1100 g/mol. The number of carbonyl (C=O) groups is 13. The van der Waals surface area contributed by atoms with Gasteiger partial charge >= 0.3 is 36.0 Å². The van der Waals surface area contributed by atoms with Crippen LogP contribution < -0.4 is 60.2 Å². The van der Waals surface area contributed by atoms with Crippen molar-refractivity contribution in [2.24, 2.45) is 33.8 Å². The zero-order valence-electron chi connectivity index (χ0n) is 41.2. The van der Waals surface area contributed by atoms with Crippen LogP contribution in [0.3, 0.4) is 0 Å². The summed E-state index contributed by atoms with van der Waals surface area (Å²) >= 11 is 1.29. The number of nitrogens with zero attached hydrogens (tertiary/aromatic N) is 1. The second-order valence-electron chi connectivity index (χ2n) is 16.5. The van der Waals surface area contributed by atoms with Gasteiger partial charge in [0.15, 0.2) is 5.96 Å². The molecule has 0 heterocycles. The van der Waals surface area contributed by atoms with Crippen LogP contribution in [0.5, 0.6) is 0 Å². The van der Waals surface area contributed by atoms with Gasteiger partial charge in [0.25, 0.3) is 0 Å². The Balaban J connectivity index is 0. The van der Waals surface area contributed by atoms with Gasteiger partial charge in [-0.2, -0.15) is 24.9 Å². The molecule has 0 saturated carbocycles. The van der Waals surface area contributed by atoms with Gasteiger partial charge in [-0.15, -0.1) is 0 Å². The van der Waals surface area contributed by atoms with E-state index in [1.807, 2.05) is 0 Å². The molecule has 0 rings (SSSR count). The van der Waals surface area contributed by atoms with Gasteiger partial charge in [0.05, 0.1) is 6.04 Å². The Morgan fingerprint density at radius 1 is 0.520 bits per heavy atom. The highest BCUT2D eigenvalue weighted by Gasteiger charge is 2.38. The molecule has 0 spiro atoms. The Hall–Kier alpha value is -7.52. The van der Waals surface area contributed by atoms with Crippen LogP contribution in [0, 0.1) is 5.92 Å². The van der Waals surface area contributed by atoms with E-state index in [2.05, 4.69) is 42.2 Å². The van der Waals surface area contributed by atoms with Crippen molar-refractivity contribution in [1.29, 1.82) is 0 Å². The minimum atomic E-state index is -5.08. The van der Waals surface area contributed by atoms with Crippen molar-refractivity contribution in [2.45, 2.75) is 146 Å². The Labute approximate surface area is 430 Å². The first kappa shape index (κ1) is 69.6. The quantitative estimate of drug-likeness (QED) is 0.0162. The Morgan fingerprint density at radius 2 is 0.907 bits per heavy atom. The van der Waals surface area contributed by atoms with Crippen LogP contribution in [0.4, 0.5) is 13.2 Å². The number of carboxylic acid groups (broad SMARTS) is 5. The second-order valence-corrected chi connectivity index (χ2v) is 17.5. The van der Waals surface area contributed by atoms with Crippen LogP contribution in [-0.4, -0.2) is 182 Å². The van der Waals surface area contributed by atoms with Crippen molar-refractivity contribution in [3.8, 4) is 0 Å². The first-order chi connectivity index (χ1) is 34.6. The van der Waals surface area contributed by atoms with E-state index in [0.29, 0.717) is 5.75 Å². The first-order valence-corrected chi connectivity index (χ1v) is 23.9. The van der Waals surface area contributed by atoms with E-state index in [0.717, 1.165) is 0 Å². The van der Waals surface area contributed by atoms with Gasteiger partial charge < -0.3 is 85.7 Å². The maximum Gasteiger partial charge on any atom is 0.490 e. The van der Waals surface area contributed by atoms with E-state index in [1.54, 1.807) is 20.1 Å². The maximum absolute atomic E-state index is 13.7. The molecular weight excluding hydrogens is 1040 g/mol. The molecule has 0 aromatic heterocycles. The number of alkyl halides is 3. The molecule has 0 aromatic carbocycles. The lowest BCUT2D eigenvalue weighted by Crippen LogP contribution is -2.60. The molecule has 0 aliphatic carbocycles. The molecule has 0 radical (unpaired) electrons. The number of hydrogen-bond acceptors (Lipinski definition) is 16. The Morgan fingerprint density at radius 3 is 1.25 bits per heavy atom. The van der Waals surface area contributed by atoms with Gasteiger partial charge in [0.1, 0.15) is 42.3 Å². The number of rotatable bonds is 35. The van der Waals surface area contributed by atoms with Crippen LogP contribution in [0.15, 0.2) is 4.99 Å². The highest BCUT2D eigenvalue weighted by atomic mass is 32.2. The van der Waals surface area contributed by atoms with Gasteiger partial charge in [-0.05, 0) is 69.8 Å². The Bertz CT molecular complexity index is 2050. The minimum absolute atomic E-state index is 0.0111. The standard InChI is InChI=1S/C39H66N12O16S.C2HF3O2/c1-18(2)30(37(65)50-25(38(66)67)6-5-16-44-39(42)43)51-31(59)19(3)45-33(61)21(8-12-27(53)54)47-34(62)22(9-13-28(55)56)48-35(63)23(10-14-29(57)58)49-36(64)24(15-17-68-4)46-32(60)20(40)7-11-26(41)52;3-2(4,5)1(6)7/h18-25,30H,5-17,40H2,1-4H3,(H2,41,52)(H,45,61)(H,46,60)(H,47,62)(H,48,63)(H,49,64)(H,50,65)(H,51,59)(H,53,54)(H,55,56)(H,57,58)(H,66,67)(H4,42,43,44);(H,6,7)/t19-,20-,21-,22-,23-,24-,25-,30-;/m0./s1. The zero-order valence-corrected chi connectivity index (χ0v) is 42.0. The fourth-order valence-corrected chi connectivity index (χ4v) is 6.33. The number of halogens is 3. The topological polar surface area (TPSA) is 524 Å². The van der Waals surface area contributed by atoms with Crippen molar-refractivity contribution in [3.05, 3.63) is 0 Å². The number of carbonyl (C=O) groups excluding carboxylic acids is 8. The largest absolute Gasteiger partial charge is 0.490 e. The lowest BCUT2D eigenvalue weighted by atomic mass is 10.0. The number of primary amides is 1. The zero-order chi connectivity index (χ0) is 58.3. The Kier molecular flexibility index (Phi) is 33.0. The normalized spacial score (nSPS) is 14.1. The molecule has 8 atom stereocenters. The van der Waals surface area contributed by atoms with Gasteiger partial charge in [0.2, 0.25) is 47.3 Å². The van der Waals surface area contributed by atoms with Crippen LogP contribution in [0.1, 0.15) is 91.4 Å². The van der Waals surface area contributed by atoms with E-state index >= 15 is 0 Å². The summed E-state index contributed by atoms with van der Waals surface area (Å²) in [5.41, 5.74) is 21.5. The fourth-order valence-electron chi connectivity index (χ4n) is 5.85. The molecule has 8 amide bonds. The summed E-state index contributed by atoms with van der Waals surface area (Å²) < 4.78 is 31.7. The molecule has 0 saturated heterocycles. The number of nitrogens with two attached hydrogens (primary N) is 4. The number of guanidine groups is 1. The lowest BCUT2D eigenvalue weighted by Gasteiger charge is -2.27. The molecule has 0 bridgehead atoms. The number of hydrogen-bond donors (Lipinski definition) is 16. The number of carboxylic acids is 5. The van der Waals surface area contributed by atoms with E-state index in [9.17, 15) is 91.1 Å². The van der Waals surface area contributed by atoms with Crippen molar-refractivity contribution in [1.82, 2.24) is 37.2 Å². The van der Waals surface area contributed by atoms with Gasteiger partial charge in [0, 0.05) is 32.2 Å². The molecule has 0 unspecified atom stereocenters. The highest BCUT2D eigenvalue weighted by Crippen LogP contribution is 2.13. The smallest absolute Gasteiger partial charge is 0.481 e. The molecule has 0 aliphatic heterocycles. The van der Waals surface area contributed by atoms with Gasteiger partial charge in [-0.1, -0.05) is 13.8 Å². The average molecular weight is 1110 g/mol. The van der Waals surface area contributed by atoms with Crippen molar-refractivity contribution >= 4 is 94.8 Å². The summed E-state index contributed by atoms with van der Waals surface area (Å²) in [6.07, 6.45) is -7.72. The molecule has 0 aromatic rings. The summed E-state index contributed by atoms with van der Waals surface area (Å²) in [6, 6.07) is -12.1. The molecule has 30 nitrogen and oxygen atoms in total. The van der Waals surface area contributed by atoms with Crippen LogP contribution in [-0.2, 0) is 62.3 Å². The number of nitrogens with one attached hydrogen (secondary N) is 7. The minimum Gasteiger partial charge on any atom is -0.481 e. The highest BCUT2D eigenvalue weighted by molar-refractivity contribution is 7.98. The fraction of sp³-hybridized carbons (Fsp3) is 0.659. The predicted octanol–water partition coefficient (Wildman–Crippen LogP) is -4.23.